The Hall–Kier alpha value is -1.07. The van der Waals surface area contributed by atoms with Crippen molar-refractivity contribution in [1.29, 1.82) is 0 Å². The second-order valence-corrected chi connectivity index (χ2v) is 5.37. The maximum absolute atomic E-state index is 11.0. The Morgan fingerprint density at radius 3 is 2.44 bits per heavy atom. The monoisotopic (exact) mass is 261 g/mol. The number of nitrogens with zero attached hydrogens (tertiary/aromatic N) is 1. The van der Waals surface area contributed by atoms with Crippen LogP contribution in [0.2, 0.25) is 0 Å². The quantitative estimate of drug-likeness (QED) is 0.617. The highest BCUT2D eigenvalue weighted by Gasteiger charge is 2.08. The molecule has 0 aliphatic rings. The van der Waals surface area contributed by atoms with Crippen molar-refractivity contribution in [1.82, 2.24) is 0 Å². The van der Waals surface area contributed by atoms with Gasteiger partial charge in [0.25, 0.3) is 0 Å². The van der Waals surface area contributed by atoms with E-state index in [-0.39, 0.29) is 10.9 Å². The molecule has 0 aromatic heterocycles. The standard InChI is InChI=1S/C10H12ClNO3S/c1-3-16(13,14)15-12-10(11)9-6-4-8(2)5-7-9/h4-7H,3H2,1-2H3/b12-10-. The van der Waals surface area contributed by atoms with Gasteiger partial charge in [0.1, 0.15) is 0 Å². The average Bonchev–Trinajstić information content (AvgIpc) is 2.27. The summed E-state index contributed by atoms with van der Waals surface area (Å²) in [5.74, 6) is -0.144. The van der Waals surface area contributed by atoms with Gasteiger partial charge in [0, 0.05) is 5.56 Å². The lowest BCUT2D eigenvalue weighted by molar-refractivity contribution is 0.341. The fraction of sp³-hybridized carbons (Fsp3) is 0.300. The first-order chi connectivity index (χ1) is 7.44. The van der Waals surface area contributed by atoms with Crippen LogP contribution in [-0.2, 0) is 14.4 Å². The van der Waals surface area contributed by atoms with Crippen molar-refractivity contribution in [3.63, 3.8) is 0 Å². The number of hydrogen-bond donors (Lipinski definition) is 0. The molecule has 0 amide bonds. The molecule has 88 valence electrons. The Morgan fingerprint density at radius 1 is 1.38 bits per heavy atom. The molecule has 0 unspecified atom stereocenters. The van der Waals surface area contributed by atoms with Crippen LogP contribution < -0.4 is 0 Å². The Balaban J connectivity index is 2.82. The number of halogens is 1. The first kappa shape index (κ1) is 13.0. The van der Waals surface area contributed by atoms with Crippen molar-refractivity contribution in [2.24, 2.45) is 5.16 Å². The molecule has 0 saturated heterocycles. The van der Waals surface area contributed by atoms with E-state index in [1.165, 1.54) is 6.92 Å². The van der Waals surface area contributed by atoms with E-state index in [1.807, 2.05) is 19.1 Å². The highest BCUT2D eigenvalue weighted by Crippen LogP contribution is 2.08. The topological polar surface area (TPSA) is 55.7 Å². The molecule has 0 aliphatic heterocycles. The van der Waals surface area contributed by atoms with Crippen LogP contribution in [0.1, 0.15) is 18.1 Å². The molecule has 0 fully saturated rings. The van der Waals surface area contributed by atoms with Crippen LogP contribution in [0.25, 0.3) is 0 Å². The Bertz CT molecular complexity index is 479. The molecule has 1 rings (SSSR count). The largest absolute Gasteiger partial charge is 0.328 e. The minimum absolute atomic E-state index is 0.0111. The predicted octanol–water partition coefficient (Wildman–Crippen LogP) is 2.26. The zero-order valence-electron chi connectivity index (χ0n) is 8.97. The van der Waals surface area contributed by atoms with Gasteiger partial charge in [-0.05, 0) is 13.8 Å². The number of oxime groups is 1. The molecule has 4 nitrogen and oxygen atoms in total. The summed E-state index contributed by atoms with van der Waals surface area (Å²) in [6.45, 7) is 3.40. The summed E-state index contributed by atoms with van der Waals surface area (Å²) in [4.78, 5) is 0. The number of hydrogen-bond acceptors (Lipinski definition) is 4. The van der Waals surface area contributed by atoms with Crippen LogP contribution in [0.4, 0.5) is 0 Å². The molecule has 1 aromatic rings. The Morgan fingerprint density at radius 2 is 1.94 bits per heavy atom. The summed E-state index contributed by atoms with van der Waals surface area (Å²) in [6.07, 6.45) is 0. The van der Waals surface area contributed by atoms with Crippen LogP contribution in [0, 0.1) is 6.92 Å². The van der Waals surface area contributed by atoms with Crippen molar-refractivity contribution < 1.29 is 12.7 Å². The van der Waals surface area contributed by atoms with E-state index in [1.54, 1.807) is 12.1 Å². The lowest BCUT2D eigenvalue weighted by Gasteiger charge is -2.00. The van der Waals surface area contributed by atoms with Gasteiger partial charge in [-0.1, -0.05) is 46.6 Å². The van der Waals surface area contributed by atoms with Gasteiger partial charge in [0.2, 0.25) is 0 Å². The second kappa shape index (κ2) is 5.32. The van der Waals surface area contributed by atoms with Gasteiger partial charge in [0.05, 0.1) is 5.75 Å². The first-order valence-corrected chi connectivity index (χ1v) is 6.62. The van der Waals surface area contributed by atoms with Crippen LogP contribution >= 0.6 is 11.6 Å². The summed E-state index contributed by atoms with van der Waals surface area (Å²) < 4.78 is 26.4. The van der Waals surface area contributed by atoms with Crippen molar-refractivity contribution in [2.45, 2.75) is 13.8 Å². The third-order valence-electron chi connectivity index (χ3n) is 1.87. The second-order valence-electron chi connectivity index (χ2n) is 3.17. The SMILES string of the molecule is CCS(=O)(=O)O/N=C(\Cl)c1ccc(C)cc1. The smallest absolute Gasteiger partial charge is 0.267 e. The average molecular weight is 262 g/mol. The third-order valence-corrected chi connectivity index (χ3v) is 3.17. The molecule has 16 heavy (non-hydrogen) atoms. The molecule has 6 heteroatoms. The van der Waals surface area contributed by atoms with Gasteiger partial charge >= 0.3 is 10.1 Å². The van der Waals surface area contributed by atoms with Crippen LogP contribution in [0.3, 0.4) is 0 Å². The lowest BCUT2D eigenvalue weighted by atomic mass is 10.2. The summed E-state index contributed by atoms with van der Waals surface area (Å²) in [5.41, 5.74) is 1.69. The maximum atomic E-state index is 11.0. The zero-order valence-corrected chi connectivity index (χ0v) is 10.5. The molecule has 0 saturated carbocycles. The van der Waals surface area contributed by atoms with Crippen molar-refractivity contribution in [3.8, 4) is 0 Å². The van der Waals surface area contributed by atoms with E-state index in [2.05, 4.69) is 9.44 Å². The maximum Gasteiger partial charge on any atom is 0.328 e. The van der Waals surface area contributed by atoms with E-state index in [9.17, 15) is 8.42 Å². The molecule has 1 aromatic carbocycles. The van der Waals surface area contributed by atoms with Gasteiger partial charge in [0.15, 0.2) is 5.17 Å². The van der Waals surface area contributed by atoms with E-state index >= 15 is 0 Å². The van der Waals surface area contributed by atoms with E-state index in [0.717, 1.165) is 5.56 Å². The molecular weight excluding hydrogens is 250 g/mol. The van der Waals surface area contributed by atoms with Gasteiger partial charge in [-0.25, -0.2) is 0 Å². The van der Waals surface area contributed by atoms with Crippen molar-refractivity contribution in [3.05, 3.63) is 35.4 Å². The number of aryl methyl sites for hydroxylation is 1. The normalized spacial score (nSPS) is 12.6. The summed E-state index contributed by atoms with van der Waals surface area (Å²) >= 11 is 5.78. The molecular formula is C10H12ClNO3S. The lowest BCUT2D eigenvalue weighted by Crippen LogP contribution is -2.05. The number of benzene rings is 1. The molecule has 0 bridgehead atoms. The highest BCUT2D eigenvalue weighted by atomic mass is 35.5. The minimum atomic E-state index is -3.60. The van der Waals surface area contributed by atoms with Crippen LogP contribution in [0.15, 0.2) is 29.4 Å². The Kier molecular flexibility index (Phi) is 4.32. The fourth-order valence-corrected chi connectivity index (χ4v) is 1.38. The van der Waals surface area contributed by atoms with Gasteiger partial charge in [-0.3, -0.25) is 4.28 Å². The molecule has 0 atom stereocenters. The van der Waals surface area contributed by atoms with E-state index in [4.69, 9.17) is 11.6 Å². The summed E-state index contributed by atoms with van der Waals surface area (Å²) in [7, 11) is -3.60. The highest BCUT2D eigenvalue weighted by molar-refractivity contribution is 7.86. The molecule has 0 N–H and O–H groups in total. The Labute approximate surface area is 100.0 Å². The van der Waals surface area contributed by atoms with Crippen molar-refractivity contribution in [2.75, 3.05) is 5.75 Å². The molecule has 0 radical (unpaired) electrons. The first-order valence-electron chi connectivity index (χ1n) is 4.66. The van der Waals surface area contributed by atoms with E-state index in [0.29, 0.717) is 5.56 Å². The summed E-state index contributed by atoms with van der Waals surface area (Å²) in [6, 6.07) is 7.18. The van der Waals surface area contributed by atoms with Gasteiger partial charge < -0.3 is 0 Å². The van der Waals surface area contributed by atoms with Crippen LogP contribution in [0.5, 0.6) is 0 Å². The molecule has 0 heterocycles. The fourth-order valence-electron chi connectivity index (χ4n) is 0.886. The van der Waals surface area contributed by atoms with Gasteiger partial charge in [-0.15, -0.1) is 0 Å². The number of rotatable bonds is 4. The molecule has 0 spiro atoms. The molecule has 0 aliphatic carbocycles. The van der Waals surface area contributed by atoms with Crippen molar-refractivity contribution >= 4 is 26.9 Å². The van der Waals surface area contributed by atoms with E-state index < -0.39 is 10.1 Å². The summed E-state index contributed by atoms with van der Waals surface area (Å²) in [5, 5.41) is 3.37. The van der Waals surface area contributed by atoms with Gasteiger partial charge in [-0.2, -0.15) is 8.42 Å². The predicted molar refractivity (Wildman–Crippen MR) is 64.1 cm³/mol. The van der Waals surface area contributed by atoms with Crippen LogP contribution in [-0.4, -0.2) is 19.3 Å². The zero-order chi connectivity index (χ0) is 12.2. The third kappa shape index (κ3) is 3.83. The minimum Gasteiger partial charge on any atom is -0.267 e.